The van der Waals surface area contributed by atoms with Gasteiger partial charge in [-0.1, -0.05) is 20.8 Å². The van der Waals surface area contributed by atoms with E-state index in [1.165, 1.54) is 0 Å². The van der Waals surface area contributed by atoms with E-state index in [1.807, 2.05) is 0 Å². The topological polar surface area (TPSA) is 35.5 Å². The van der Waals surface area contributed by atoms with Gasteiger partial charge in [-0.25, -0.2) is 0 Å². The van der Waals surface area contributed by atoms with Gasteiger partial charge in [0, 0.05) is 6.61 Å². The summed E-state index contributed by atoms with van der Waals surface area (Å²) in [5, 5.41) is 0. The van der Waals surface area contributed by atoms with Crippen LogP contribution in [-0.2, 0) is 14.3 Å². The Morgan fingerprint density at radius 3 is 2.36 bits per heavy atom. The van der Waals surface area contributed by atoms with Crippen LogP contribution in [0.25, 0.3) is 0 Å². The van der Waals surface area contributed by atoms with Crippen LogP contribution in [0.3, 0.4) is 0 Å². The summed E-state index contributed by atoms with van der Waals surface area (Å²) in [6, 6.07) is 0. The van der Waals surface area contributed by atoms with Crippen LogP contribution >= 0.6 is 0 Å². The fourth-order valence-electron chi connectivity index (χ4n) is 0.869. The second-order valence-corrected chi connectivity index (χ2v) is 4.48. The van der Waals surface area contributed by atoms with Gasteiger partial charge in [-0.05, 0) is 18.8 Å². The zero-order valence-corrected chi connectivity index (χ0v) is 9.76. The molecule has 0 radical (unpaired) electrons. The van der Waals surface area contributed by atoms with Crippen LogP contribution in [0.1, 0.15) is 40.5 Å². The van der Waals surface area contributed by atoms with Crippen LogP contribution in [0.5, 0.6) is 0 Å². The Hall–Kier alpha value is -0.570. The fraction of sp³-hybridized carbons (Fsp3) is 0.909. The fourth-order valence-corrected chi connectivity index (χ4v) is 0.869. The van der Waals surface area contributed by atoms with Crippen molar-refractivity contribution in [1.82, 2.24) is 0 Å². The summed E-state index contributed by atoms with van der Waals surface area (Å²) in [6.07, 6.45) is 1.37. The van der Waals surface area contributed by atoms with Gasteiger partial charge in [0.1, 0.15) is 0 Å². The number of hydrogen-bond donors (Lipinski definition) is 0. The van der Waals surface area contributed by atoms with Crippen LogP contribution in [0, 0.1) is 5.41 Å². The maximum atomic E-state index is 10.9. The SMILES string of the molecule is CCOC(=O)CCOCCC(C)(C)C. The number of esters is 1. The molecule has 0 amide bonds. The zero-order chi connectivity index (χ0) is 11.0. The minimum Gasteiger partial charge on any atom is -0.466 e. The van der Waals surface area contributed by atoms with Crippen molar-refractivity contribution >= 4 is 5.97 Å². The van der Waals surface area contributed by atoms with Crippen molar-refractivity contribution in [3.8, 4) is 0 Å². The number of rotatable bonds is 6. The van der Waals surface area contributed by atoms with Gasteiger partial charge in [0.25, 0.3) is 0 Å². The molecule has 0 fully saturated rings. The van der Waals surface area contributed by atoms with Gasteiger partial charge >= 0.3 is 5.97 Å². The lowest BCUT2D eigenvalue weighted by Gasteiger charge is -2.17. The van der Waals surface area contributed by atoms with Gasteiger partial charge in [0.15, 0.2) is 0 Å². The van der Waals surface area contributed by atoms with Crippen LogP contribution in [0.4, 0.5) is 0 Å². The molecule has 0 spiro atoms. The summed E-state index contributed by atoms with van der Waals surface area (Å²) < 4.78 is 10.1. The van der Waals surface area contributed by atoms with Gasteiger partial charge in [0.05, 0.1) is 19.6 Å². The first-order valence-corrected chi connectivity index (χ1v) is 5.19. The first-order chi connectivity index (χ1) is 6.45. The largest absolute Gasteiger partial charge is 0.466 e. The van der Waals surface area contributed by atoms with Crippen molar-refractivity contribution in [2.24, 2.45) is 5.41 Å². The Labute approximate surface area is 86.8 Å². The first kappa shape index (κ1) is 13.4. The minimum atomic E-state index is -0.178. The molecule has 0 atom stereocenters. The van der Waals surface area contributed by atoms with Crippen LogP contribution in [0.15, 0.2) is 0 Å². The molecule has 0 bridgehead atoms. The molecule has 0 aliphatic carbocycles. The van der Waals surface area contributed by atoms with E-state index in [2.05, 4.69) is 20.8 Å². The predicted molar refractivity (Wildman–Crippen MR) is 56.1 cm³/mol. The Morgan fingerprint density at radius 1 is 1.21 bits per heavy atom. The summed E-state index contributed by atoms with van der Waals surface area (Å²) in [6.45, 7) is 9.93. The van der Waals surface area contributed by atoms with E-state index in [4.69, 9.17) is 9.47 Å². The second-order valence-electron chi connectivity index (χ2n) is 4.48. The van der Waals surface area contributed by atoms with E-state index in [1.54, 1.807) is 6.92 Å². The van der Waals surface area contributed by atoms with Crippen molar-refractivity contribution < 1.29 is 14.3 Å². The summed E-state index contributed by atoms with van der Waals surface area (Å²) in [4.78, 5) is 10.9. The van der Waals surface area contributed by atoms with E-state index < -0.39 is 0 Å². The lowest BCUT2D eigenvalue weighted by atomic mass is 9.93. The molecule has 3 nitrogen and oxygen atoms in total. The summed E-state index contributed by atoms with van der Waals surface area (Å²) >= 11 is 0. The minimum absolute atomic E-state index is 0.178. The molecule has 84 valence electrons. The zero-order valence-electron chi connectivity index (χ0n) is 9.76. The third kappa shape index (κ3) is 9.52. The average Bonchev–Trinajstić information content (AvgIpc) is 2.02. The monoisotopic (exact) mass is 202 g/mol. The number of ether oxygens (including phenoxy) is 2. The average molecular weight is 202 g/mol. The summed E-state index contributed by atoms with van der Waals surface area (Å²) in [5.74, 6) is -0.178. The van der Waals surface area contributed by atoms with Crippen LogP contribution in [0.2, 0.25) is 0 Å². The lowest BCUT2D eigenvalue weighted by Crippen LogP contribution is -2.12. The number of carbonyl (C=O) groups excluding carboxylic acids is 1. The van der Waals surface area contributed by atoms with Crippen molar-refractivity contribution in [2.75, 3.05) is 19.8 Å². The van der Waals surface area contributed by atoms with E-state index >= 15 is 0 Å². The van der Waals surface area contributed by atoms with Crippen molar-refractivity contribution in [3.05, 3.63) is 0 Å². The number of hydrogen-bond acceptors (Lipinski definition) is 3. The van der Waals surface area contributed by atoms with Gasteiger partial charge in [-0.2, -0.15) is 0 Å². The molecule has 0 N–H and O–H groups in total. The smallest absolute Gasteiger partial charge is 0.308 e. The molecule has 14 heavy (non-hydrogen) atoms. The van der Waals surface area contributed by atoms with E-state index in [9.17, 15) is 4.79 Å². The molecule has 0 aromatic heterocycles. The molecular formula is C11H22O3. The van der Waals surface area contributed by atoms with Gasteiger partial charge in [-0.3, -0.25) is 4.79 Å². The van der Waals surface area contributed by atoms with Gasteiger partial charge in [-0.15, -0.1) is 0 Å². The highest BCUT2D eigenvalue weighted by Gasteiger charge is 2.09. The van der Waals surface area contributed by atoms with E-state index in [0.29, 0.717) is 31.7 Å². The third-order valence-electron chi connectivity index (χ3n) is 1.75. The second kappa shape index (κ2) is 6.82. The standard InChI is InChI=1S/C11H22O3/c1-5-14-10(12)6-8-13-9-7-11(2,3)4/h5-9H2,1-4H3. The maximum absolute atomic E-state index is 10.9. The summed E-state index contributed by atoms with van der Waals surface area (Å²) in [7, 11) is 0. The van der Waals surface area contributed by atoms with E-state index in [-0.39, 0.29) is 5.97 Å². The molecular weight excluding hydrogens is 180 g/mol. The molecule has 0 aliphatic rings. The molecule has 0 saturated carbocycles. The molecule has 0 rings (SSSR count). The Kier molecular flexibility index (Phi) is 6.54. The summed E-state index contributed by atoms with van der Waals surface area (Å²) in [5.41, 5.74) is 0.296. The lowest BCUT2D eigenvalue weighted by molar-refractivity contribution is -0.144. The molecule has 0 unspecified atom stereocenters. The molecule has 3 heteroatoms. The van der Waals surface area contributed by atoms with Crippen LogP contribution < -0.4 is 0 Å². The van der Waals surface area contributed by atoms with E-state index in [0.717, 1.165) is 6.42 Å². The maximum Gasteiger partial charge on any atom is 0.308 e. The Morgan fingerprint density at radius 2 is 1.86 bits per heavy atom. The molecule has 0 aromatic rings. The van der Waals surface area contributed by atoms with Gasteiger partial charge < -0.3 is 9.47 Å². The Bertz CT molecular complexity index is 158. The number of carbonyl (C=O) groups is 1. The van der Waals surface area contributed by atoms with Crippen LogP contribution in [-0.4, -0.2) is 25.8 Å². The third-order valence-corrected chi connectivity index (χ3v) is 1.75. The molecule has 0 aromatic carbocycles. The highest BCUT2D eigenvalue weighted by molar-refractivity contribution is 5.69. The van der Waals surface area contributed by atoms with Crippen molar-refractivity contribution in [1.29, 1.82) is 0 Å². The molecule has 0 aliphatic heterocycles. The first-order valence-electron chi connectivity index (χ1n) is 5.19. The Balaban J connectivity index is 3.26. The van der Waals surface area contributed by atoms with Crippen molar-refractivity contribution in [3.63, 3.8) is 0 Å². The predicted octanol–water partition coefficient (Wildman–Crippen LogP) is 2.39. The quantitative estimate of drug-likeness (QED) is 0.490. The molecule has 0 heterocycles. The van der Waals surface area contributed by atoms with Crippen molar-refractivity contribution in [2.45, 2.75) is 40.5 Å². The highest BCUT2D eigenvalue weighted by atomic mass is 16.5. The normalized spacial score (nSPS) is 11.4. The highest BCUT2D eigenvalue weighted by Crippen LogP contribution is 2.17. The van der Waals surface area contributed by atoms with Gasteiger partial charge in [0.2, 0.25) is 0 Å². The molecule has 0 saturated heterocycles.